The molecule has 2 aromatic rings. The summed E-state index contributed by atoms with van der Waals surface area (Å²) in [6.07, 6.45) is 1.32. The molecule has 1 saturated heterocycles. The van der Waals surface area contributed by atoms with Crippen molar-refractivity contribution in [1.82, 2.24) is 0 Å². The van der Waals surface area contributed by atoms with E-state index in [2.05, 4.69) is 55.5 Å². The van der Waals surface area contributed by atoms with Crippen LogP contribution in [-0.2, 0) is 6.61 Å². The lowest BCUT2D eigenvalue weighted by molar-refractivity contribution is 0.304. The van der Waals surface area contributed by atoms with Gasteiger partial charge in [-0.1, -0.05) is 48.0 Å². The summed E-state index contributed by atoms with van der Waals surface area (Å²) >= 11 is 4.07. The van der Waals surface area contributed by atoms with Crippen LogP contribution in [0.5, 0.6) is 5.75 Å². The maximum absolute atomic E-state index is 6.09. The van der Waals surface area contributed by atoms with Crippen LogP contribution in [0.2, 0.25) is 0 Å². The largest absolute Gasteiger partial charge is 0.489 e. The molecule has 1 aliphatic heterocycles. The minimum Gasteiger partial charge on any atom is -0.489 e. The number of hydrogen-bond acceptors (Lipinski definition) is 3. The van der Waals surface area contributed by atoms with E-state index in [0.717, 1.165) is 5.75 Å². The highest BCUT2D eigenvalue weighted by Gasteiger charge is 2.19. The first-order valence-corrected chi connectivity index (χ1v) is 9.43. The summed E-state index contributed by atoms with van der Waals surface area (Å²) in [6, 6.07) is 17.0. The van der Waals surface area contributed by atoms with Gasteiger partial charge in [0.05, 0.1) is 4.58 Å². The predicted octanol–water partition coefficient (Wildman–Crippen LogP) is 5.44. The van der Waals surface area contributed by atoms with Crippen molar-refractivity contribution in [2.45, 2.75) is 24.5 Å². The van der Waals surface area contributed by atoms with E-state index in [9.17, 15) is 0 Å². The molecule has 3 rings (SSSR count). The van der Waals surface area contributed by atoms with Crippen LogP contribution in [0, 0.1) is 6.92 Å². The quantitative estimate of drug-likeness (QED) is 0.743. The van der Waals surface area contributed by atoms with Gasteiger partial charge in [0.15, 0.2) is 0 Å². The van der Waals surface area contributed by atoms with E-state index >= 15 is 0 Å². The fourth-order valence-corrected chi connectivity index (χ4v) is 5.26. The van der Waals surface area contributed by atoms with Crippen LogP contribution in [0.25, 0.3) is 0 Å². The van der Waals surface area contributed by atoms with Crippen LogP contribution < -0.4 is 4.74 Å². The molecule has 0 amide bonds. The van der Waals surface area contributed by atoms with Gasteiger partial charge in [0.2, 0.25) is 0 Å². The number of para-hydroxylation sites is 1. The highest BCUT2D eigenvalue weighted by Crippen LogP contribution is 2.46. The van der Waals surface area contributed by atoms with Gasteiger partial charge in [0.25, 0.3) is 0 Å². The molecule has 0 radical (unpaired) electrons. The first-order chi connectivity index (χ1) is 10.3. The predicted molar refractivity (Wildman–Crippen MR) is 94.2 cm³/mol. The Labute approximate surface area is 135 Å². The van der Waals surface area contributed by atoms with Crippen LogP contribution in [0.1, 0.15) is 27.7 Å². The van der Waals surface area contributed by atoms with Gasteiger partial charge in [0, 0.05) is 5.56 Å². The lowest BCUT2D eigenvalue weighted by atomic mass is 10.1. The fourth-order valence-electron chi connectivity index (χ4n) is 2.32. The van der Waals surface area contributed by atoms with Gasteiger partial charge in [-0.25, -0.2) is 0 Å². The molecule has 3 heteroatoms. The number of hydrogen-bond donors (Lipinski definition) is 0. The molecule has 0 bridgehead atoms. The molecule has 1 nitrogen and oxygen atoms in total. The molecule has 2 aromatic carbocycles. The summed E-state index contributed by atoms with van der Waals surface area (Å²) in [4.78, 5) is 0. The third kappa shape index (κ3) is 3.98. The second-order valence-corrected chi connectivity index (χ2v) is 7.96. The molecule has 0 saturated carbocycles. The molecule has 0 aliphatic carbocycles. The Kier molecular flexibility index (Phi) is 5.15. The summed E-state index contributed by atoms with van der Waals surface area (Å²) < 4.78 is 6.61. The summed E-state index contributed by atoms with van der Waals surface area (Å²) in [7, 11) is 0. The van der Waals surface area contributed by atoms with Gasteiger partial charge in [-0.3, -0.25) is 0 Å². The number of aryl methyl sites for hydroxylation is 1. The zero-order valence-electron chi connectivity index (χ0n) is 12.2. The van der Waals surface area contributed by atoms with E-state index in [-0.39, 0.29) is 0 Å². The second-order valence-electron chi connectivity index (χ2n) is 5.24. The molecule has 1 heterocycles. The molecular formula is C18H20OS2. The molecule has 0 atom stereocenters. The van der Waals surface area contributed by atoms with E-state index in [0.29, 0.717) is 11.2 Å². The maximum Gasteiger partial charge on any atom is 0.124 e. The summed E-state index contributed by atoms with van der Waals surface area (Å²) in [6.45, 7) is 2.75. The van der Waals surface area contributed by atoms with Crippen molar-refractivity contribution in [1.29, 1.82) is 0 Å². The normalized spacial score (nSPS) is 15.9. The molecule has 0 spiro atoms. The van der Waals surface area contributed by atoms with Gasteiger partial charge < -0.3 is 4.74 Å². The fraction of sp³-hybridized carbons (Fsp3) is 0.333. The topological polar surface area (TPSA) is 9.23 Å². The standard InChI is InChI=1S/C18H20OS2/c1-14-7-9-15(10-8-14)13-19-17-6-3-2-5-16(17)18-20-11-4-12-21-18/h2-3,5-10,18H,4,11-13H2,1H3. The molecule has 0 aromatic heterocycles. The van der Waals surface area contributed by atoms with E-state index in [1.165, 1.54) is 34.6 Å². The molecule has 110 valence electrons. The van der Waals surface area contributed by atoms with Crippen LogP contribution in [0.4, 0.5) is 0 Å². The summed E-state index contributed by atoms with van der Waals surface area (Å²) in [5.74, 6) is 3.54. The Hall–Kier alpha value is -1.06. The Bertz CT molecular complexity index is 574. The van der Waals surface area contributed by atoms with Crippen molar-refractivity contribution in [3.05, 3.63) is 65.2 Å². The van der Waals surface area contributed by atoms with E-state index in [1.54, 1.807) is 0 Å². The van der Waals surface area contributed by atoms with Crippen LogP contribution in [0.3, 0.4) is 0 Å². The average Bonchev–Trinajstić information content (AvgIpc) is 2.55. The SMILES string of the molecule is Cc1ccc(COc2ccccc2C2SCCCS2)cc1. The van der Waals surface area contributed by atoms with Crippen molar-refractivity contribution in [3.63, 3.8) is 0 Å². The van der Waals surface area contributed by atoms with Crippen molar-refractivity contribution in [2.24, 2.45) is 0 Å². The molecule has 21 heavy (non-hydrogen) atoms. The highest BCUT2D eigenvalue weighted by molar-refractivity contribution is 8.16. The summed E-state index contributed by atoms with van der Waals surface area (Å²) in [5, 5.41) is 0. The van der Waals surface area contributed by atoms with Crippen molar-refractivity contribution in [3.8, 4) is 5.75 Å². The Morgan fingerprint density at radius 3 is 2.48 bits per heavy atom. The first-order valence-electron chi connectivity index (χ1n) is 7.33. The molecular weight excluding hydrogens is 296 g/mol. The number of benzene rings is 2. The number of rotatable bonds is 4. The maximum atomic E-state index is 6.09. The number of ether oxygens (including phenoxy) is 1. The molecule has 1 aliphatic rings. The van der Waals surface area contributed by atoms with E-state index in [4.69, 9.17) is 4.74 Å². The zero-order valence-corrected chi connectivity index (χ0v) is 13.9. The van der Waals surface area contributed by atoms with Crippen molar-refractivity contribution < 1.29 is 4.74 Å². The van der Waals surface area contributed by atoms with E-state index in [1.807, 2.05) is 23.5 Å². The Morgan fingerprint density at radius 1 is 1.00 bits per heavy atom. The Morgan fingerprint density at radius 2 is 1.71 bits per heavy atom. The van der Waals surface area contributed by atoms with Gasteiger partial charge in [-0.05, 0) is 36.5 Å². The van der Waals surface area contributed by atoms with Gasteiger partial charge in [-0.15, -0.1) is 23.5 Å². The lowest BCUT2D eigenvalue weighted by Gasteiger charge is -2.23. The minimum atomic E-state index is 0.521. The monoisotopic (exact) mass is 316 g/mol. The third-order valence-corrected chi connectivity index (χ3v) is 6.49. The lowest BCUT2D eigenvalue weighted by Crippen LogP contribution is -2.04. The van der Waals surface area contributed by atoms with Gasteiger partial charge in [0.1, 0.15) is 12.4 Å². The van der Waals surface area contributed by atoms with Crippen LogP contribution in [0.15, 0.2) is 48.5 Å². The number of thioether (sulfide) groups is 2. The molecule has 0 unspecified atom stereocenters. The minimum absolute atomic E-state index is 0.521. The third-order valence-electron chi connectivity index (χ3n) is 3.52. The highest BCUT2D eigenvalue weighted by atomic mass is 32.2. The van der Waals surface area contributed by atoms with Crippen LogP contribution in [-0.4, -0.2) is 11.5 Å². The Balaban J connectivity index is 1.71. The summed E-state index contributed by atoms with van der Waals surface area (Å²) in [5.41, 5.74) is 3.84. The van der Waals surface area contributed by atoms with Gasteiger partial charge >= 0.3 is 0 Å². The average molecular weight is 316 g/mol. The second kappa shape index (κ2) is 7.28. The van der Waals surface area contributed by atoms with Crippen LogP contribution >= 0.6 is 23.5 Å². The molecule has 1 fully saturated rings. The van der Waals surface area contributed by atoms with Gasteiger partial charge in [-0.2, -0.15) is 0 Å². The van der Waals surface area contributed by atoms with E-state index < -0.39 is 0 Å². The van der Waals surface area contributed by atoms with Crippen molar-refractivity contribution in [2.75, 3.05) is 11.5 Å². The molecule has 0 N–H and O–H groups in total. The van der Waals surface area contributed by atoms with Crippen molar-refractivity contribution >= 4 is 23.5 Å². The smallest absolute Gasteiger partial charge is 0.124 e. The first kappa shape index (κ1) is 14.9. The zero-order chi connectivity index (χ0) is 14.5.